The number of esters is 1. The van der Waals surface area contributed by atoms with Crippen molar-refractivity contribution in [3.8, 4) is 17.2 Å². The zero-order chi connectivity index (χ0) is 24.5. The summed E-state index contributed by atoms with van der Waals surface area (Å²) in [6.07, 6.45) is 1.49. The van der Waals surface area contributed by atoms with Crippen molar-refractivity contribution in [1.29, 1.82) is 0 Å². The third-order valence-corrected chi connectivity index (χ3v) is 4.99. The van der Waals surface area contributed by atoms with Gasteiger partial charge in [-0.3, -0.25) is 4.79 Å². The smallest absolute Gasteiger partial charge is 0.343 e. The lowest BCUT2D eigenvalue weighted by atomic mass is 10.1. The third kappa shape index (κ3) is 6.68. The number of fused-ring (bicyclic) bond motifs is 1. The molecule has 0 spiro atoms. The predicted octanol–water partition coefficient (Wildman–Crippen LogP) is 4.99. The van der Waals surface area contributed by atoms with E-state index < -0.39 is 5.97 Å². The van der Waals surface area contributed by atoms with E-state index in [0.29, 0.717) is 29.4 Å². The first-order valence-electron chi connectivity index (χ1n) is 11.1. The molecule has 0 aliphatic heterocycles. The Morgan fingerprint density at radius 3 is 2.23 bits per heavy atom. The Kier molecular flexibility index (Phi) is 7.70. The second-order valence-corrected chi connectivity index (χ2v) is 7.51. The van der Waals surface area contributed by atoms with Crippen LogP contribution in [-0.2, 0) is 4.79 Å². The summed E-state index contributed by atoms with van der Waals surface area (Å²) >= 11 is 0. The maximum atomic E-state index is 12.3. The van der Waals surface area contributed by atoms with Crippen LogP contribution in [0.15, 0.2) is 96.1 Å². The molecule has 0 bridgehead atoms. The average molecular weight is 469 g/mol. The van der Waals surface area contributed by atoms with Gasteiger partial charge in [0.25, 0.3) is 5.91 Å². The molecule has 0 saturated carbocycles. The summed E-state index contributed by atoms with van der Waals surface area (Å²) in [5.74, 6) is 0.857. The maximum absolute atomic E-state index is 12.3. The second-order valence-electron chi connectivity index (χ2n) is 7.51. The average Bonchev–Trinajstić information content (AvgIpc) is 2.89. The molecule has 7 nitrogen and oxygen atoms in total. The van der Waals surface area contributed by atoms with E-state index in [-0.39, 0.29) is 12.5 Å². The third-order valence-electron chi connectivity index (χ3n) is 4.99. The zero-order valence-corrected chi connectivity index (χ0v) is 19.1. The SMILES string of the molecule is CCOc1ccc(C(=O)Oc2ccc(/C=N/NC(=O)COc3ccc4ccccc4c3)cc2)cc1. The molecule has 0 heterocycles. The van der Waals surface area contributed by atoms with Crippen LogP contribution in [-0.4, -0.2) is 31.3 Å². The van der Waals surface area contributed by atoms with E-state index in [4.69, 9.17) is 14.2 Å². The molecule has 0 saturated heterocycles. The van der Waals surface area contributed by atoms with E-state index in [1.165, 1.54) is 6.21 Å². The fraction of sp³-hybridized carbons (Fsp3) is 0.107. The van der Waals surface area contributed by atoms with E-state index in [9.17, 15) is 9.59 Å². The Bertz CT molecular complexity index is 1330. The van der Waals surface area contributed by atoms with Crippen molar-refractivity contribution in [2.75, 3.05) is 13.2 Å². The van der Waals surface area contributed by atoms with Gasteiger partial charge in [-0.05, 0) is 83.9 Å². The zero-order valence-electron chi connectivity index (χ0n) is 19.1. The van der Waals surface area contributed by atoms with Crippen LogP contribution in [0.25, 0.3) is 10.8 Å². The van der Waals surface area contributed by atoms with Crippen molar-refractivity contribution in [2.24, 2.45) is 5.10 Å². The fourth-order valence-electron chi connectivity index (χ4n) is 3.26. The molecule has 4 rings (SSSR count). The van der Waals surface area contributed by atoms with Gasteiger partial charge in [0.15, 0.2) is 6.61 Å². The van der Waals surface area contributed by atoms with Crippen LogP contribution in [0, 0.1) is 0 Å². The number of benzene rings is 4. The Morgan fingerprint density at radius 2 is 1.49 bits per heavy atom. The van der Waals surface area contributed by atoms with Crippen molar-refractivity contribution in [2.45, 2.75) is 6.92 Å². The molecular weight excluding hydrogens is 444 g/mol. The number of nitrogens with one attached hydrogen (secondary N) is 1. The highest BCUT2D eigenvalue weighted by molar-refractivity contribution is 5.91. The van der Waals surface area contributed by atoms with Crippen LogP contribution in [0.3, 0.4) is 0 Å². The monoisotopic (exact) mass is 468 g/mol. The van der Waals surface area contributed by atoms with Gasteiger partial charge in [0.1, 0.15) is 17.2 Å². The quantitative estimate of drug-likeness (QED) is 0.162. The highest BCUT2D eigenvalue weighted by Crippen LogP contribution is 2.20. The molecule has 0 radical (unpaired) electrons. The standard InChI is InChI=1S/C28H24N2O5/c1-2-33-24-14-10-22(11-15-24)28(32)35-25-12-7-20(8-13-25)18-29-30-27(31)19-34-26-16-9-21-5-3-4-6-23(21)17-26/h3-18H,2,19H2,1H3,(H,30,31)/b29-18+. The largest absolute Gasteiger partial charge is 0.494 e. The number of hydrogen-bond donors (Lipinski definition) is 1. The van der Waals surface area contributed by atoms with Crippen LogP contribution in [0.2, 0.25) is 0 Å². The van der Waals surface area contributed by atoms with Gasteiger partial charge in [0, 0.05) is 0 Å². The van der Waals surface area contributed by atoms with E-state index in [0.717, 1.165) is 16.3 Å². The number of nitrogens with zero attached hydrogens (tertiary/aromatic N) is 1. The number of carbonyl (C=O) groups is 2. The highest BCUT2D eigenvalue weighted by atomic mass is 16.5. The van der Waals surface area contributed by atoms with E-state index in [1.807, 2.05) is 49.4 Å². The number of carbonyl (C=O) groups excluding carboxylic acids is 2. The van der Waals surface area contributed by atoms with Crippen molar-refractivity contribution >= 4 is 28.9 Å². The molecule has 1 N–H and O–H groups in total. The van der Waals surface area contributed by atoms with Gasteiger partial charge in [0.2, 0.25) is 0 Å². The van der Waals surface area contributed by atoms with Gasteiger partial charge in [-0.1, -0.05) is 30.3 Å². The Labute approximate surface area is 202 Å². The van der Waals surface area contributed by atoms with Gasteiger partial charge < -0.3 is 14.2 Å². The predicted molar refractivity (Wildman–Crippen MR) is 134 cm³/mol. The highest BCUT2D eigenvalue weighted by Gasteiger charge is 2.09. The van der Waals surface area contributed by atoms with Gasteiger partial charge in [-0.15, -0.1) is 0 Å². The lowest BCUT2D eigenvalue weighted by molar-refractivity contribution is -0.123. The summed E-state index contributed by atoms with van der Waals surface area (Å²) in [7, 11) is 0. The molecule has 0 atom stereocenters. The lowest BCUT2D eigenvalue weighted by Crippen LogP contribution is -2.24. The second kappa shape index (κ2) is 11.5. The molecule has 4 aromatic carbocycles. The van der Waals surface area contributed by atoms with Gasteiger partial charge in [0.05, 0.1) is 18.4 Å². The number of amides is 1. The Hall–Kier alpha value is -4.65. The molecule has 7 heteroatoms. The van der Waals surface area contributed by atoms with Gasteiger partial charge >= 0.3 is 5.97 Å². The minimum Gasteiger partial charge on any atom is -0.494 e. The van der Waals surface area contributed by atoms with Gasteiger partial charge in [-0.25, -0.2) is 10.2 Å². The van der Waals surface area contributed by atoms with Crippen LogP contribution >= 0.6 is 0 Å². The Balaban J connectivity index is 1.23. The summed E-state index contributed by atoms with van der Waals surface area (Å²) in [5, 5.41) is 6.08. The van der Waals surface area contributed by atoms with Crippen LogP contribution in [0.5, 0.6) is 17.2 Å². The first-order chi connectivity index (χ1) is 17.1. The molecular formula is C28H24N2O5. The van der Waals surface area contributed by atoms with E-state index in [1.54, 1.807) is 48.5 Å². The van der Waals surface area contributed by atoms with E-state index >= 15 is 0 Å². The summed E-state index contributed by atoms with van der Waals surface area (Å²) in [4.78, 5) is 24.3. The molecule has 0 fully saturated rings. The molecule has 35 heavy (non-hydrogen) atoms. The van der Waals surface area contributed by atoms with Crippen LogP contribution in [0.1, 0.15) is 22.8 Å². The molecule has 0 aromatic heterocycles. The minimum atomic E-state index is -0.465. The van der Waals surface area contributed by atoms with Crippen molar-refractivity contribution < 1.29 is 23.8 Å². The molecule has 1 amide bonds. The first kappa shape index (κ1) is 23.5. The number of rotatable bonds is 9. The van der Waals surface area contributed by atoms with Crippen LogP contribution < -0.4 is 19.6 Å². The summed E-state index contributed by atoms with van der Waals surface area (Å²) in [6, 6.07) is 27.1. The molecule has 176 valence electrons. The molecule has 0 aliphatic rings. The van der Waals surface area contributed by atoms with Crippen molar-refractivity contribution in [1.82, 2.24) is 5.43 Å². The number of ether oxygens (including phenoxy) is 3. The molecule has 4 aromatic rings. The lowest BCUT2D eigenvalue weighted by Gasteiger charge is -2.07. The molecule has 0 aliphatic carbocycles. The van der Waals surface area contributed by atoms with E-state index in [2.05, 4.69) is 10.5 Å². The minimum absolute atomic E-state index is 0.157. The topological polar surface area (TPSA) is 86.2 Å². The maximum Gasteiger partial charge on any atom is 0.343 e. The normalized spacial score (nSPS) is 10.8. The fourth-order valence-corrected chi connectivity index (χ4v) is 3.26. The summed E-state index contributed by atoms with van der Waals surface area (Å²) in [6.45, 7) is 2.30. The van der Waals surface area contributed by atoms with Crippen LogP contribution in [0.4, 0.5) is 0 Å². The number of hydrazone groups is 1. The summed E-state index contributed by atoms with van der Waals surface area (Å²) in [5.41, 5.74) is 3.58. The van der Waals surface area contributed by atoms with Crippen molar-refractivity contribution in [3.05, 3.63) is 102 Å². The summed E-state index contributed by atoms with van der Waals surface area (Å²) < 4.78 is 16.3. The number of hydrogen-bond acceptors (Lipinski definition) is 6. The Morgan fingerprint density at radius 1 is 0.800 bits per heavy atom. The first-order valence-corrected chi connectivity index (χ1v) is 11.1. The van der Waals surface area contributed by atoms with Crippen molar-refractivity contribution in [3.63, 3.8) is 0 Å². The van der Waals surface area contributed by atoms with Gasteiger partial charge in [-0.2, -0.15) is 5.10 Å². The molecule has 0 unspecified atom stereocenters.